The molecule has 0 amide bonds. The van der Waals surface area contributed by atoms with Crippen LogP contribution >= 0.6 is 11.3 Å². The van der Waals surface area contributed by atoms with Gasteiger partial charge in [0.1, 0.15) is 5.84 Å². The molecule has 0 unspecified atom stereocenters. The van der Waals surface area contributed by atoms with Crippen molar-refractivity contribution < 1.29 is 5.11 Å². The van der Waals surface area contributed by atoms with Crippen molar-refractivity contribution in [1.29, 1.82) is 0 Å². The number of thiophene rings is 1. The molecule has 1 aliphatic heterocycles. The number of hydrogen-bond donors (Lipinski definition) is 3. The van der Waals surface area contributed by atoms with E-state index >= 15 is 0 Å². The van der Waals surface area contributed by atoms with Crippen LogP contribution in [0.3, 0.4) is 0 Å². The summed E-state index contributed by atoms with van der Waals surface area (Å²) in [5.41, 5.74) is 10.8. The number of nitrogens with one attached hydrogen (secondary N) is 1. The third kappa shape index (κ3) is 3.15. The van der Waals surface area contributed by atoms with Crippen LogP contribution in [-0.2, 0) is 13.0 Å². The number of fused-ring (bicyclic) bond motifs is 2. The molecule has 4 nitrogen and oxygen atoms in total. The van der Waals surface area contributed by atoms with E-state index in [1.807, 2.05) is 6.07 Å². The zero-order chi connectivity index (χ0) is 14.7. The van der Waals surface area contributed by atoms with Crippen molar-refractivity contribution in [3.8, 4) is 0 Å². The SMILES string of the molecule is NC1=Nc2ccc(CNCCCO)cc2Cc2ccsc21. The number of hydrogen-bond acceptors (Lipinski definition) is 5. The molecule has 1 aromatic heterocycles. The number of aliphatic hydroxyl groups excluding tert-OH is 1. The molecule has 0 bridgehead atoms. The number of nitrogens with zero attached hydrogens (tertiary/aromatic N) is 1. The third-order valence-electron chi connectivity index (χ3n) is 3.59. The molecule has 4 N–H and O–H groups in total. The highest BCUT2D eigenvalue weighted by Gasteiger charge is 2.16. The second-order valence-corrected chi connectivity index (χ2v) is 6.08. The Hall–Kier alpha value is -1.69. The Morgan fingerprint density at radius 2 is 2.19 bits per heavy atom. The largest absolute Gasteiger partial charge is 0.396 e. The van der Waals surface area contributed by atoms with Gasteiger partial charge in [-0.15, -0.1) is 11.3 Å². The highest BCUT2D eigenvalue weighted by atomic mass is 32.1. The van der Waals surface area contributed by atoms with Crippen LogP contribution in [0.2, 0.25) is 0 Å². The minimum absolute atomic E-state index is 0.228. The molecule has 0 spiro atoms. The summed E-state index contributed by atoms with van der Waals surface area (Å²) in [6, 6.07) is 8.46. The Kier molecular flexibility index (Phi) is 4.34. The monoisotopic (exact) mass is 301 g/mol. The maximum absolute atomic E-state index is 8.78. The van der Waals surface area contributed by atoms with Gasteiger partial charge in [0.2, 0.25) is 0 Å². The Balaban J connectivity index is 1.81. The average Bonchev–Trinajstić information content (AvgIpc) is 2.89. The van der Waals surface area contributed by atoms with Gasteiger partial charge in [-0.1, -0.05) is 12.1 Å². The molecule has 0 fully saturated rings. The molecule has 3 rings (SSSR count). The number of aliphatic imine (C=N–C) groups is 1. The van der Waals surface area contributed by atoms with E-state index in [0.29, 0.717) is 5.84 Å². The molecule has 0 saturated carbocycles. The summed E-state index contributed by atoms with van der Waals surface area (Å²) < 4.78 is 0. The van der Waals surface area contributed by atoms with Gasteiger partial charge in [0, 0.05) is 19.6 Å². The van der Waals surface area contributed by atoms with E-state index in [2.05, 4.69) is 33.9 Å². The van der Waals surface area contributed by atoms with Crippen LogP contribution in [0.1, 0.15) is 28.0 Å². The molecule has 1 aromatic carbocycles. The number of nitrogens with two attached hydrogens (primary N) is 1. The van der Waals surface area contributed by atoms with Gasteiger partial charge in [0.05, 0.1) is 10.6 Å². The number of amidine groups is 1. The Bertz CT molecular complexity index is 663. The zero-order valence-corrected chi connectivity index (χ0v) is 12.6. The minimum atomic E-state index is 0.228. The van der Waals surface area contributed by atoms with E-state index < -0.39 is 0 Å². The molecule has 21 heavy (non-hydrogen) atoms. The van der Waals surface area contributed by atoms with Crippen molar-refractivity contribution >= 4 is 22.9 Å². The van der Waals surface area contributed by atoms with Crippen molar-refractivity contribution in [2.45, 2.75) is 19.4 Å². The van der Waals surface area contributed by atoms with Crippen molar-refractivity contribution in [3.05, 3.63) is 51.2 Å². The fourth-order valence-corrected chi connectivity index (χ4v) is 3.35. The smallest absolute Gasteiger partial charge is 0.141 e. The lowest BCUT2D eigenvalue weighted by Crippen LogP contribution is -2.15. The maximum atomic E-state index is 8.78. The van der Waals surface area contributed by atoms with Crippen LogP contribution in [-0.4, -0.2) is 24.1 Å². The minimum Gasteiger partial charge on any atom is -0.396 e. The van der Waals surface area contributed by atoms with Crippen LogP contribution < -0.4 is 11.1 Å². The van der Waals surface area contributed by atoms with E-state index in [4.69, 9.17) is 10.8 Å². The first-order valence-corrected chi connectivity index (χ1v) is 8.00. The normalized spacial score (nSPS) is 13.3. The molecule has 110 valence electrons. The second-order valence-electron chi connectivity index (χ2n) is 5.17. The van der Waals surface area contributed by atoms with Gasteiger partial charge >= 0.3 is 0 Å². The molecule has 2 aromatic rings. The van der Waals surface area contributed by atoms with Crippen molar-refractivity contribution in [3.63, 3.8) is 0 Å². The zero-order valence-electron chi connectivity index (χ0n) is 11.8. The van der Waals surface area contributed by atoms with Crippen LogP contribution in [0.5, 0.6) is 0 Å². The van der Waals surface area contributed by atoms with Gasteiger partial charge in [-0.05, 0) is 47.2 Å². The molecular weight excluding hydrogens is 282 g/mol. The highest BCUT2D eigenvalue weighted by molar-refractivity contribution is 7.12. The van der Waals surface area contributed by atoms with Gasteiger partial charge < -0.3 is 16.2 Å². The molecule has 5 heteroatoms. The second kappa shape index (κ2) is 6.39. The van der Waals surface area contributed by atoms with E-state index in [1.54, 1.807) is 11.3 Å². The number of benzene rings is 1. The van der Waals surface area contributed by atoms with Gasteiger partial charge in [-0.25, -0.2) is 4.99 Å². The molecule has 0 atom stereocenters. The topological polar surface area (TPSA) is 70.6 Å². The standard InChI is InChI=1S/C16H19N3OS/c17-16-15-12(4-7-21-15)9-13-8-11(2-3-14(13)19-16)10-18-5-1-6-20/h2-4,7-8,18,20H,1,5-6,9-10H2,(H2,17,19). The summed E-state index contributed by atoms with van der Waals surface area (Å²) in [5.74, 6) is 0.618. The molecule has 0 radical (unpaired) electrons. The Morgan fingerprint density at radius 1 is 1.29 bits per heavy atom. The van der Waals surface area contributed by atoms with E-state index in [9.17, 15) is 0 Å². The number of rotatable bonds is 5. The average molecular weight is 301 g/mol. The Morgan fingerprint density at radius 3 is 3.05 bits per heavy atom. The van der Waals surface area contributed by atoms with E-state index in [1.165, 1.54) is 16.7 Å². The maximum Gasteiger partial charge on any atom is 0.141 e. The van der Waals surface area contributed by atoms with Crippen LogP contribution in [0.4, 0.5) is 5.69 Å². The lowest BCUT2D eigenvalue weighted by Gasteiger charge is -2.08. The van der Waals surface area contributed by atoms with E-state index in [-0.39, 0.29) is 6.61 Å². The van der Waals surface area contributed by atoms with E-state index in [0.717, 1.165) is 36.5 Å². The van der Waals surface area contributed by atoms with Gasteiger partial charge in [-0.2, -0.15) is 0 Å². The first kappa shape index (κ1) is 14.3. The van der Waals surface area contributed by atoms with Gasteiger partial charge in [-0.3, -0.25) is 0 Å². The molecule has 1 aliphatic rings. The quantitative estimate of drug-likeness (QED) is 0.741. The van der Waals surface area contributed by atoms with Crippen LogP contribution in [0, 0.1) is 0 Å². The lowest BCUT2D eigenvalue weighted by molar-refractivity contribution is 0.286. The molecule has 0 aliphatic carbocycles. The molecule has 2 heterocycles. The van der Waals surface area contributed by atoms with Crippen molar-refractivity contribution in [1.82, 2.24) is 5.32 Å². The predicted octanol–water partition coefficient (Wildman–Crippen LogP) is 2.16. The summed E-state index contributed by atoms with van der Waals surface area (Å²) in [6.07, 6.45) is 1.66. The van der Waals surface area contributed by atoms with Gasteiger partial charge in [0.15, 0.2) is 0 Å². The van der Waals surface area contributed by atoms with Gasteiger partial charge in [0.25, 0.3) is 0 Å². The van der Waals surface area contributed by atoms with Crippen molar-refractivity contribution in [2.24, 2.45) is 10.7 Å². The third-order valence-corrected chi connectivity index (χ3v) is 4.57. The number of aliphatic hydroxyl groups is 1. The summed E-state index contributed by atoms with van der Waals surface area (Å²) in [4.78, 5) is 5.65. The van der Waals surface area contributed by atoms with Crippen LogP contribution in [0.25, 0.3) is 0 Å². The first-order valence-electron chi connectivity index (χ1n) is 7.12. The summed E-state index contributed by atoms with van der Waals surface area (Å²) in [7, 11) is 0. The summed E-state index contributed by atoms with van der Waals surface area (Å²) in [5, 5.41) is 14.2. The Labute approximate surface area is 128 Å². The fraction of sp³-hybridized carbons (Fsp3) is 0.312. The van der Waals surface area contributed by atoms with Crippen LogP contribution in [0.15, 0.2) is 34.6 Å². The summed E-state index contributed by atoms with van der Waals surface area (Å²) >= 11 is 1.65. The predicted molar refractivity (Wildman–Crippen MR) is 87.4 cm³/mol. The first-order chi connectivity index (χ1) is 10.3. The molecule has 0 saturated heterocycles. The van der Waals surface area contributed by atoms with Crippen molar-refractivity contribution in [2.75, 3.05) is 13.2 Å². The summed E-state index contributed by atoms with van der Waals surface area (Å²) in [6.45, 7) is 1.86. The molecular formula is C16H19N3OS. The lowest BCUT2D eigenvalue weighted by atomic mass is 10.0. The fourth-order valence-electron chi connectivity index (χ4n) is 2.52. The highest BCUT2D eigenvalue weighted by Crippen LogP contribution is 2.30.